The van der Waals surface area contributed by atoms with E-state index in [1.807, 2.05) is 6.92 Å². The molecule has 0 aliphatic carbocycles. The van der Waals surface area contributed by atoms with Gasteiger partial charge in [0.1, 0.15) is 0 Å². The molecule has 1 aromatic carbocycles. The first-order valence-electron chi connectivity index (χ1n) is 5.09. The lowest BCUT2D eigenvalue weighted by molar-refractivity contribution is -0.275. The average Bonchev–Trinajstić information content (AvgIpc) is 2.15. The van der Waals surface area contributed by atoms with Crippen LogP contribution in [0.2, 0.25) is 0 Å². The lowest BCUT2D eigenvalue weighted by atomic mass is 10.1. The molecule has 3 nitrogen and oxygen atoms in total. The maximum Gasteiger partial charge on any atom is 0.573 e. The summed E-state index contributed by atoms with van der Waals surface area (Å²) in [7, 11) is 1.30. The van der Waals surface area contributed by atoms with E-state index in [4.69, 9.17) is 10.5 Å². The Hall–Kier alpha value is -1.30. The van der Waals surface area contributed by atoms with E-state index in [1.54, 1.807) is 6.07 Å². The Labute approximate surface area is 109 Å². The van der Waals surface area contributed by atoms with Crippen LogP contribution < -0.4 is 15.2 Å². The molecule has 2 N–H and O–H groups in total. The van der Waals surface area contributed by atoms with Crippen molar-refractivity contribution < 1.29 is 22.6 Å². The first kappa shape index (κ1) is 16.7. The van der Waals surface area contributed by atoms with E-state index in [9.17, 15) is 13.2 Å². The molecule has 104 valence electrons. The second kappa shape index (κ2) is 6.58. The molecule has 0 saturated heterocycles. The summed E-state index contributed by atoms with van der Waals surface area (Å²) in [5.74, 6) is -0.318. The Morgan fingerprint density at radius 1 is 1.28 bits per heavy atom. The first-order chi connectivity index (χ1) is 7.87. The van der Waals surface area contributed by atoms with Crippen molar-refractivity contribution in [2.45, 2.75) is 26.1 Å². The summed E-state index contributed by atoms with van der Waals surface area (Å²) in [6.07, 6.45) is -3.42. The second-order valence-electron chi connectivity index (χ2n) is 3.51. The number of ether oxygens (including phenoxy) is 2. The highest BCUT2D eigenvalue weighted by atomic mass is 35.5. The van der Waals surface area contributed by atoms with Gasteiger partial charge in [-0.15, -0.1) is 25.6 Å². The van der Waals surface area contributed by atoms with Crippen LogP contribution in [0, 0.1) is 0 Å². The van der Waals surface area contributed by atoms with Gasteiger partial charge >= 0.3 is 6.36 Å². The van der Waals surface area contributed by atoms with Crippen molar-refractivity contribution in [1.29, 1.82) is 0 Å². The third kappa shape index (κ3) is 4.52. The zero-order valence-electron chi connectivity index (χ0n) is 10.0. The Morgan fingerprint density at radius 3 is 2.33 bits per heavy atom. The fraction of sp³-hybridized carbons (Fsp3) is 0.455. The highest BCUT2D eigenvalue weighted by molar-refractivity contribution is 5.85. The van der Waals surface area contributed by atoms with Crippen molar-refractivity contribution in [3.05, 3.63) is 17.7 Å². The van der Waals surface area contributed by atoms with E-state index < -0.39 is 12.1 Å². The summed E-state index contributed by atoms with van der Waals surface area (Å²) in [5.41, 5.74) is 6.35. The van der Waals surface area contributed by atoms with Crippen molar-refractivity contribution >= 4 is 18.1 Å². The van der Waals surface area contributed by atoms with Crippen LogP contribution in [0.5, 0.6) is 11.5 Å². The molecule has 0 spiro atoms. The Kier molecular flexibility index (Phi) is 6.11. The average molecular weight is 286 g/mol. The van der Waals surface area contributed by atoms with Crippen LogP contribution in [0.25, 0.3) is 0 Å². The van der Waals surface area contributed by atoms with E-state index >= 15 is 0 Å². The topological polar surface area (TPSA) is 44.5 Å². The molecule has 0 fully saturated rings. The minimum atomic E-state index is -4.76. The molecule has 0 aromatic heterocycles. The zero-order valence-corrected chi connectivity index (χ0v) is 10.8. The number of alkyl halides is 3. The SMILES string of the molecule is CCCc1cc(N)cc(OC(F)(F)F)c1OC.Cl. The maximum absolute atomic E-state index is 12.2. The number of aryl methyl sites for hydroxylation is 1. The molecule has 18 heavy (non-hydrogen) atoms. The molecular formula is C11H15ClF3NO2. The van der Waals surface area contributed by atoms with Gasteiger partial charge in [-0.3, -0.25) is 0 Å². The summed E-state index contributed by atoms with van der Waals surface area (Å²) in [5, 5.41) is 0. The molecule has 1 aromatic rings. The highest BCUT2D eigenvalue weighted by Crippen LogP contribution is 2.37. The van der Waals surface area contributed by atoms with Crippen LogP contribution in [0.15, 0.2) is 12.1 Å². The van der Waals surface area contributed by atoms with Crippen LogP contribution in [0.4, 0.5) is 18.9 Å². The predicted octanol–water partition coefficient (Wildman–Crippen LogP) is 3.55. The molecule has 7 heteroatoms. The highest BCUT2D eigenvalue weighted by Gasteiger charge is 2.33. The standard InChI is InChI=1S/C11H14F3NO2.ClH/c1-3-4-7-5-8(15)6-9(10(7)16-2)17-11(12,13)14;/h5-6H,3-4,15H2,1-2H3;1H. The van der Waals surface area contributed by atoms with Gasteiger partial charge in [0.25, 0.3) is 0 Å². The lowest BCUT2D eigenvalue weighted by Crippen LogP contribution is -2.18. The predicted molar refractivity (Wildman–Crippen MR) is 65.3 cm³/mol. The number of halogens is 4. The Morgan fingerprint density at radius 2 is 1.89 bits per heavy atom. The fourth-order valence-electron chi connectivity index (χ4n) is 1.57. The molecule has 0 atom stereocenters. The van der Waals surface area contributed by atoms with Crippen LogP contribution in [-0.4, -0.2) is 13.5 Å². The third-order valence-corrected chi connectivity index (χ3v) is 2.10. The van der Waals surface area contributed by atoms with E-state index in [2.05, 4.69) is 4.74 Å². The van der Waals surface area contributed by atoms with Gasteiger partial charge in [0.2, 0.25) is 0 Å². The molecular weight excluding hydrogens is 271 g/mol. The van der Waals surface area contributed by atoms with Crippen LogP contribution in [-0.2, 0) is 6.42 Å². The molecule has 0 radical (unpaired) electrons. The van der Waals surface area contributed by atoms with Crippen LogP contribution in [0.1, 0.15) is 18.9 Å². The van der Waals surface area contributed by atoms with Gasteiger partial charge in [-0.05, 0) is 12.5 Å². The van der Waals surface area contributed by atoms with E-state index in [1.165, 1.54) is 7.11 Å². The van der Waals surface area contributed by atoms with Gasteiger partial charge in [-0.2, -0.15) is 0 Å². The molecule has 0 heterocycles. The zero-order chi connectivity index (χ0) is 13.1. The summed E-state index contributed by atoms with van der Waals surface area (Å²) >= 11 is 0. The fourth-order valence-corrected chi connectivity index (χ4v) is 1.57. The van der Waals surface area contributed by atoms with Gasteiger partial charge in [-0.1, -0.05) is 13.3 Å². The monoisotopic (exact) mass is 285 g/mol. The number of hydrogen-bond donors (Lipinski definition) is 1. The van der Waals surface area contributed by atoms with E-state index in [0.29, 0.717) is 12.0 Å². The minimum absolute atomic E-state index is 0. The lowest BCUT2D eigenvalue weighted by Gasteiger charge is -2.16. The van der Waals surface area contributed by atoms with Gasteiger partial charge in [0.05, 0.1) is 7.11 Å². The molecule has 0 amide bonds. The Balaban J connectivity index is 0.00000289. The number of nitrogens with two attached hydrogens (primary N) is 1. The largest absolute Gasteiger partial charge is 0.573 e. The van der Waals surface area contributed by atoms with Gasteiger partial charge < -0.3 is 15.2 Å². The van der Waals surface area contributed by atoms with Gasteiger partial charge in [0.15, 0.2) is 11.5 Å². The number of rotatable bonds is 4. The summed E-state index contributed by atoms with van der Waals surface area (Å²) in [6, 6.07) is 2.69. The molecule has 0 aliphatic rings. The van der Waals surface area contributed by atoms with Crippen LogP contribution in [0.3, 0.4) is 0 Å². The number of anilines is 1. The van der Waals surface area contributed by atoms with Crippen molar-refractivity contribution in [3.8, 4) is 11.5 Å². The number of benzene rings is 1. The molecule has 0 aliphatic heterocycles. The summed E-state index contributed by atoms with van der Waals surface area (Å²) < 4.78 is 45.4. The number of hydrogen-bond acceptors (Lipinski definition) is 3. The summed E-state index contributed by atoms with van der Waals surface area (Å²) in [4.78, 5) is 0. The Bertz CT molecular complexity index is 397. The maximum atomic E-state index is 12.2. The molecule has 1 rings (SSSR count). The minimum Gasteiger partial charge on any atom is -0.493 e. The van der Waals surface area contributed by atoms with Gasteiger partial charge in [0, 0.05) is 17.3 Å². The van der Waals surface area contributed by atoms with Crippen molar-refractivity contribution in [2.24, 2.45) is 0 Å². The smallest absolute Gasteiger partial charge is 0.493 e. The second-order valence-corrected chi connectivity index (χ2v) is 3.51. The summed E-state index contributed by atoms with van der Waals surface area (Å²) in [6.45, 7) is 1.91. The quantitative estimate of drug-likeness (QED) is 0.861. The van der Waals surface area contributed by atoms with Crippen molar-refractivity contribution in [3.63, 3.8) is 0 Å². The first-order valence-corrected chi connectivity index (χ1v) is 5.09. The molecule has 0 bridgehead atoms. The van der Waals surface area contributed by atoms with Crippen molar-refractivity contribution in [2.75, 3.05) is 12.8 Å². The van der Waals surface area contributed by atoms with E-state index in [0.717, 1.165) is 12.5 Å². The normalized spacial score (nSPS) is 10.7. The molecule has 0 saturated carbocycles. The number of methoxy groups -OCH3 is 1. The van der Waals surface area contributed by atoms with E-state index in [-0.39, 0.29) is 23.8 Å². The van der Waals surface area contributed by atoms with Crippen LogP contribution >= 0.6 is 12.4 Å². The number of nitrogen functional groups attached to an aromatic ring is 1. The van der Waals surface area contributed by atoms with Gasteiger partial charge in [-0.25, -0.2) is 0 Å². The third-order valence-electron chi connectivity index (χ3n) is 2.10. The van der Waals surface area contributed by atoms with Crippen molar-refractivity contribution in [1.82, 2.24) is 0 Å². The molecule has 0 unspecified atom stereocenters.